The molecule has 1 N–H and O–H groups in total. The average Bonchev–Trinajstić information content (AvgIpc) is 2.84. The second-order valence-electron chi connectivity index (χ2n) is 8.00. The first-order valence-corrected chi connectivity index (χ1v) is 13.3. The lowest BCUT2D eigenvalue weighted by atomic mass is 10.1. The second-order valence-corrected chi connectivity index (χ2v) is 9.91. The van der Waals surface area contributed by atoms with Crippen LogP contribution in [0.3, 0.4) is 0 Å². The molecule has 0 saturated carbocycles. The lowest BCUT2D eigenvalue weighted by Gasteiger charge is -2.29. The summed E-state index contributed by atoms with van der Waals surface area (Å²) in [6, 6.07) is 13.5. The van der Waals surface area contributed by atoms with Crippen LogP contribution in [0.2, 0.25) is 0 Å². The monoisotopic (exact) mass is 505 g/mol. The Morgan fingerprint density at radius 3 is 2.31 bits per heavy atom. The number of benzene rings is 2. The Balaban J connectivity index is 2.18. The number of carbonyl (C=O) groups excluding carboxylic acids is 2. The fraction of sp³-hybridized carbons (Fsp3) is 0.440. The molecular weight excluding hydrogens is 470 g/mol. The van der Waals surface area contributed by atoms with Crippen LogP contribution in [0.5, 0.6) is 11.5 Å². The molecular formula is C25H35N3O6S. The van der Waals surface area contributed by atoms with Crippen LogP contribution in [-0.2, 0) is 26.2 Å². The molecule has 2 rings (SSSR count). The van der Waals surface area contributed by atoms with E-state index < -0.39 is 16.1 Å². The van der Waals surface area contributed by atoms with Crippen LogP contribution < -0.4 is 19.1 Å². The van der Waals surface area contributed by atoms with Gasteiger partial charge in [0.25, 0.3) is 0 Å². The molecule has 0 saturated heterocycles. The van der Waals surface area contributed by atoms with Crippen LogP contribution in [0.4, 0.5) is 5.69 Å². The van der Waals surface area contributed by atoms with Gasteiger partial charge in [0.1, 0.15) is 17.5 Å². The predicted octanol–water partition coefficient (Wildman–Crippen LogP) is 2.80. The summed E-state index contributed by atoms with van der Waals surface area (Å²) in [7, 11) is -0.516. The van der Waals surface area contributed by atoms with Gasteiger partial charge in [-0.05, 0) is 50.1 Å². The van der Waals surface area contributed by atoms with E-state index >= 15 is 0 Å². The summed E-state index contributed by atoms with van der Waals surface area (Å²) in [6.07, 6.45) is 1.47. The van der Waals surface area contributed by atoms with Crippen molar-refractivity contribution in [2.45, 2.75) is 39.3 Å². The summed E-state index contributed by atoms with van der Waals surface area (Å²) in [5.74, 6) is 0.624. The average molecular weight is 506 g/mol. The van der Waals surface area contributed by atoms with Crippen molar-refractivity contribution in [3.8, 4) is 11.5 Å². The first kappa shape index (κ1) is 28.0. The summed E-state index contributed by atoms with van der Waals surface area (Å²) in [5.41, 5.74) is 1.27. The third kappa shape index (κ3) is 7.88. The molecule has 0 spiro atoms. The van der Waals surface area contributed by atoms with Crippen molar-refractivity contribution in [1.82, 2.24) is 10.2 Å². The highest BCUT2D eigenvalue weighted by Gasteiger charge is 2.26. The number of hydrogen-bond donors (Lipinski definition) is 1. The SMILES string of the molecule is CCOc1ccccc1N(CCCC(=O)N(Cc1ccc(OC)cc1)C(C)C(=O)NC)S(C)(=O)=O. The summed E-state index contributed by atoms with van der Waals surface area (Å²) in [4.78, 5) is 27.0. The minimum absolute atomic E-state index is 0.0698. The van der Waals surface area contributed by atoms with E-state index in [0.29, 0.717) is 23.8 Å². The van der Waals surface area contributed by atoms with Crippen molar-refractivity contribution in [2.75, 3.05) is 37.9 Å². The number of carbonyl (C=O) groups is 2. The van der Waals surface area contributed by atoms with Gasteiger partial charge in [0, 0.05) is 26.6 Å². The quantitative estimate of drug-likeness (QED) is 0.449. The Morgan fingerprint density at radius 1 is 1.09 bits per heavy atom. The van der Waals surface area contributed by atoms with Crippen LogP contribution in [0.15, 0.2) is 48.5 Å². The normalized spacial score (nSPS) is 11.9. The van der Waals surface area contributed by atoms with Gasteiger partial charge in [-0.3, -0.25) is 13.9 Å². The Labute approximate surface area is 208 Å². The van der Waals surface area contributed by atoms with E-state index in [9.17, 15) is 18.0 Å². The fourth-order valence-electron chi connectivity index (χ4n) is 3.64. The van der Waals surface area contributed by atoms with Gasteiger partial charge in [0.15, 0.2) is 0 Å². The van der Waals surface area contributed by atoms with E-state index in [1.165, 1.54) is 16.3 Å². The molecule has 0 fully saturated rings. The standard InChI is InChI=1S/C25H35N3O6S/c1-6-34-23-11-8-7-10-22(23)28(35(5,31)32)17-9-12-24(29)27(19(2)25(30)26-3)18-20-13-15-21(33-4)16-14-20/h7-8,10-11,13-16,19H,6,9,12,17-18H2,1-5H3,(H,26,30). The lowest BCUT2D eigenvalue weighted by molar-refractivity contribution is -0.140. The first-order valence-electron chi connectivity index (χ1n) is 11.5. The second kappa shape index (κ2) is 13.0. The number of hydrogen-bond acceptors (Lipinski definition) is 6. The molecule has 9 nitrogen and oxygen atoms in total. The number of anilines is 1. The van der Waals surface area contributed by atoms with Gasteiger partial charge >= 0.3 is 0 Å². The number of sulfonamides is 1. The van der Waals surface area contributed by atoms with Crippen molar-refractivity contribution < 1.29 is 27.5 Å². The van der Waals surface area contributed by atoms with Gasteiger partial charge in [-0.15, -0.1) is 0 Å². The molecule has 1 atom stereocenters. The zero-order valence-electron chi connectivity index (χ0n) is 21.0. The van der Waals surface area contributed by atoms with Crippen LogP contribution in [0.1, 0.15) is 32.3 Å². The number of ether oxygens (including phenoxy) is 2. The van der Waals surface area contributed by atoms with E-state index in [-0.39, 0.29) is 37.7 Å². The predicted molar refractivity (Wildman–Crippen MR) is 136 cm³/mol. The molecule has 0 aliphatic rings. The van der Waals surface area contributed by atoms with Crippen LogP contribution >= 0.6 is 0 Å². The Kier molecular flexibility index (Phi) is 10.4. The maximum atomic E-state index is 13.2. The van der Waals surface area contributed by atoms with Crippen LogP contribution in [-0.4, -0.2) is 64.7 Å². The molecule has 2 aromatic carbocycles. The molecule has 2 aromatic rings. The fourth-order valence-corrected chi connectivity index (χ4v) is 4.61. The maximum Gasteiger partial charge on any atom is 0.242 e. The highest BCUT2D eigenvalue weighted by Crippen LogP contribution is 2.30. The molecule has 0 aromatic heterocycles. The first-order chi connectivity index (χ1) is 16.6. The van der Waals surface area contributed by atoms with Gasteiger partial charge in [-0.1, -0.05) is 24.3 Å². The Bertz CT molecular complexity index is 1090. The van der Waals surface area contributed by atoms with Crippen molar-refractivity contribution in [3.63, 3.8) is 0 Å². The zero-order valence-corrected chi connectivity index (χ0v) is 21.8. The van der Waals surface area contributed by atoms with Crippen molar-refractivity contribution >= 4 is 27.5 Å². The largest absolute Gasteiger partial charge is 0.497 e. The molecule has 0 bridgehead atoms. The number of rotatable bonds is 13. The third-order valence-electron chi connectivity index (χ3n) is 5.51. The smallest absolute Gasteiger partial charge is 0.242 e. The molecule has 2 amide bonds. The Morgan fingerprint density at radius 2 is 1.74 bits per heavy atom. The summed E-state index contributed by atoms with van der Waals surface area (Å²) < 4.78 is 37.1. The molecule has 35 heavy (non-hydrogen) atoms. The van der Waals surface area contributed by atoms with E-state index in [4.69, 9.17) is 9.47 Å². The van der Waals surface area contributed by atoms with Gasteiger partial charge < -0.3 is 19.7 Å². The van der Waals surface area contributed by atoms with Crippen molar-refractivity contribution in [3.05, 3.63) is 54.1 Å². The van der Waals surface area contributed by atoms with Crippen LogP contribution in [0.25, 0.3) is 0 Å². The van der Waals surface area contributed by atoms with E-state index in [1.807, 2.05) is 19.1 Å². The van der Waals surface area contributed by atoms with Gasteiger partial charge in [-0.25, -0.2) is 8.42 Å². The third-order valence-corrected chi connectivity index (χ3v) is 6.69. The minimum atomic E-state index is -3.61. The molecule has 0 aliphatic heterocycles. The van der Waals surface area contributed by atoms with Gasteiger partial charge in [-0.2, -0.15) is 0 Å². The number of nitrogens with zero attached hydrogens (tertiary/aromatic N) is 2. The zero-order chi connectivity index (χ0) is 26.0. The van der Waals surface area contributed by atoms with Crippen LogP contribution in [0, 0.1) is 0 Å². The summed E-state index contributed by atoms with van der Waals surface area (Å²) >= 11 is 0. The number of amides is 2. The molecule has 0 heterocycles. The summed E-state index contributed by atoms with van der Waals surface area (Å²) in [6.45, 7) is 4.22. The van der Waals surface area contributed by atoms with E-state index in [2.05, 4.69) is 5.32 Å². The molecule has 192 valence electrons. The van der Waals surface area contributed by atoms with Crippen molar-refractivity contribution in [1.29, 1.82) is 0 Å². The lowest BCUT2D eigenvalue weighted by Crippen LogP contribution is -2.46. The number of para-hydroxylation sites is 2. The van der Waals surface area contributed by atoms with Gasteiger partial charge in [0.05, 0.1) is 25.7 Å². The van der Waals surface area contributed by atoms with Gasteiger partial charge in [0.2, 0.25) is 21.8 Å². The van der Waals surface area contributed by atoms with E-state index in [0.717, 1.165) is 11.8 Å². The highest BCUT2D eigenvalue weighted by atomic mass is 32.2. The molecule has 1 unspecified atom stereocenters. The molecule has 0 aliphatic carbocycles. The molecule has 0 radical (unpaired) electrons. The maximum absolute atomic E-state index is 13.2. The molecule has 10 heteroatoms. The highest BCUT2D eigenvalue weighted by molar-refractivity contribution is 7.92. The van der Waals surface area contributed by atoms with E-state index in [1.54, 1.807) is 50.4 Å². The number of nitrogens with one attached hydrogen (secondary N) is 1. The number of methoxy groups -OCH3 is 1. The minimum Gasteiger partial charge on any atom is -0.497 e. The summed E-state index contributed by atoms with van der Waals surface area (Å²) in [5, 5.41) is 2.58. The topological polar surface area (TPSA) is 105 Å². The Hall–Kier alpha value is -3.27. The van der Waals surface area contributed by atoms with Crippen molar-refractivity contribution in [2.24, 2.45) is 0 Å². The number of likely N-dealkylation sites (N-methyl/N-ethyl adjacent to an activating group) is 1.